The van der Waals surface area contributed by atoms with Gasteiger partial charge in [-0.3, -0.25) is 19.1 Å². The van der Waals surface area contributed by atoms with Crippen LogP contribution >= 0.6 is 0 Å². The van der Waals surface area contributed by atoms with Gasteiger partial charge < -0.3 is 10.2 Å². The smallest absolute Gasteiger partial charge is 0.275 e. The number of aromatic nitrogens is 3. The summed E-state index contributed by atoms with van der Waals surface area (Å²) in [5.74, 6) is -0.511. The van der Waals surface area contributed by atoms with Crippen LogP contribution in [-0.4, -0.2) is 52.0 Å². The zero-order chi connectivity index (χ0) is 23.9. The minimum absolute atomic E-state index is 0.0523. The van der Waals surface area contributed by atoms with Crippen LogP contribution in [0.5, 0.6) is 0 Å². The average Bonchev–Trinajstić information content (AvgIpc) is 2.76. The van der Waals surface area contributed by atoms with Gasteiger partial charge in [-0.15, -0.1) is 0 Å². The zero-order valence-corrected chi connectivity index (χ0v) is 18.4. The Bertz CT molecular complexity index is 1290. The number of anilines is 2. The maximum atomic E-state index is 14.5. The van der Waals surface area contributed by atoms with E-state index in [1.165, 1.54) is 21.6 Å². The van der Waals surface area contributed by atoms with Gasteiger partial charge in [-0.2, -0.15) is 0 Å². The van der Waals surface area contributed by atoms with Crippen molar-refractivity contribution in [2.45, 2.75) is 19.9 Å². The van der Waals surface area contributed by atoms with Crippen LogP contribution in [0, 0.1) is 12.7 Å². The molecule has 0 bridgehead atoms. The molecule has 0 unspecified atom stereocenters. The van der Waals surface area contributed by atoms with Gasteiger partial charge in [0.15, 0.2) is 0 Å². The third-order valence-corrected chi connectivity index (χ3v) is 5.65. The number of halogens is 3. The molecular formula is C22H23F3N6O2. The van der Waals surface area contributed by atoms with E-state index >= 15 is 0 Å². The highest BCUT2D eigenvalue weighted by Crippen LogP contribution is 2.27. The van der Waals surface area contributed by atoms with Crippen molar-refractivity contribution in [2.75, 3.05) is 36.9 Å². The van der Waals surface area contributed by atoms with E-state index in [2.05, 4.69) is 15.3 Å². The summed E-state index contributed by atoms with van der Waals surface area (Å²) < 4.78 is 41.9. The van der Waals surface area contributed by atoms with Crippen molar-refractivity contribution in [3.63, 3.8) is 0 Å². The fourth-order valence-corrected chi connectivity index (χ4v) is 3.88. The number of aryl methyl sites for hydroxylation is 2. The Hall–Kier alpha value is -3.47. The maximum absolute atomic E-state index is 14.5. The zero-order valence-electron chi connectivity index (χ0n) is 18.4. The van der Waals surface area contributed by atoms with E-state index in [0.717, 1.165) is 6.07 Å². The first-order valence-electron chi connectivity index (χ1n) is 10.3. The highest BCUT2D eigenvalue weighted by atomic mass is 19.3. The molecule has 1 aliphatic rings. The van der Waals surface area contributed by atoms with Crippen molar-refractivity contribution in [1.29, 1.82) is 0 Å². The Balaban J connectivity index is 1.76. The van der Waals surface area contributed by atoms with Gasteiger partial charge in [0, 0.05) is 32.2 Å². The van der Waals surface area contributed by atoms with Crippen molar-refractivity contribution in [3.8, 4) is 0 Å². The lowest BCUT2D eigenvalue weighted by atomic mass is 10.1. The lowest BCUT2D eigenvalue weighted by Crippen LogP contribution is -2.50. The molecule has 1 aliphatic heterocycles. The Kier molecular flexibility index (Phi) is 6.07. The van der Waals surface area contributed by atoms with Crippen molar-refractivity contribution in [3.05, 3.63) is 57.4 Å². The molecule has 1 N–H and O–H groups in total. The third-order valence-electron chi connectivity index (χ3n) is 5.65. The molecule has 0 aliphatic carbocycles. The van der Waals surface area contributed by atoms with Crippen molar-refractivity contribution in [1.82, 2.24) is 19.4 Å². The monoisotopic (exact) mass is 460 g/mol. The molecule has 0 saturated carbocycles. The van der Waals surface area contributed by atoms with Gasteiger partial charge >= 0.3 is 0 Å². The van der Waals surface area contributed by atoms with E-state index in [1.54, 1.807) is 20.0 Å². The first-order chi connectivity index (χ1) is 15.7. The molecule has 1 aromatic carbocycles. The summed E-state index contributed by atoms with van der Waals surface area (Å²) in [4.78, 5) is 37.6. The molecule has 0 atom stereocenters. The van der Waals surface area contributed by atoms with Gasteiger partial charge in [0.25, 0.3) is 12.0 Å². The van der Waals surface area contributed by atoms with E-state index in [-0.39, 0.29) is 35.8 Å². The highest BCUT2D eigenvalue weighted by molar-refractivity contribution is 5.98. The summed E-state index contributed by atoms with van der Waals surface area (Å²) in [7, 11) is 3.38. The van der Waals surface area contributed by atoms with Crippen molar-refractivity contribution < 1.29 is 18.0 Å². The number of hydrogen-bond acceptors (Lipinski definition) is 6. The van der Waals surface area contributed by atoms with Gasteiger partial charge in [0.2, 0.25) is 5.91 Å². The van der Waals surface area contributed by atoms with Crippen LogP contribution in [0.2, 0.25) is 0 Å². The molecule has 8 nitrogen and oxygen atoms in total. The van der Waals surface area contributed by atoms with E-state index in [1.807, 2.05) is 11.9 Å². The maximum Gasteiger partial charge on any atom is 0.275 e. The topological polar surface area (TPSA) is 83.4 Å². The SMILES string of the molecule is Cc1nc(NCc2cccc(C(F)F)c2F)c2cc(N3CCN(C)CC3=O)c(=O)n(C)c2n1. The molecule has 4 rings (SSSR count). The fourth-order valence-electron chi connectivity index (χ4n) is 3.88. The summed E-state index contributed by atoms with van der Waals surface area (Å²) in [6.07, 6.45) is -2.93. The molecule has 2 aromatic heterocycles. The molecule has 1 saturated heterocycles. The molecule has 11 heteroatoms. The van der Waals surface area contributed by atoms with Gasteiger partial charge in [-0.05, 0) is 20.0 Å². The number of alkyl halides is 2. The summed E-state index contributed by atoms with van der Waals surface area (Å²) in [6, 6.07) is 5.37. The minimum Gasteiger partial charge on any atom is -0.365 e. The number of nitrogens with zero attached hydrogens (tertiary/aromatic N) is 5. The Labute approximate surface area is 187 Å². The predicted octanol–water partition coefficient (Wildman–Crippen LogP) is 2.60. The number of fused-ring (bicyclic) bond motifs is 1. The molecule has 1 fully saturated rings. The van der Waals surface area contributed by atoms with Gasteiger partial charge in [0.1, 0.15) is 28.8 Å². The number of benzene rings is 1. The van der Waals surface area contributed by atoms with Crippen molar-refractivity contribution in [2.24, 2.45) is 7.05 Å². The fraction of sp³-hybridized carbons (Fsp3) is 0.364. The summed E-state index contributed by atoms with van der Waals surface area (Å²) in [5.41, 5.74) is -0.459. The molecule has 1 amide bonds. The number of pyridine rings is 1. The quantitative estimate of drug-likeness (QED) is 0.630. The number of hydrogen-bond donors (Lipinski definition) is 1. The predicted molar refractivity (Wildman–Crippen MR) is 118 cm³/mol. The van der Waals surface area contributed by atoms with Crippen LogP contribution in [0.3, 0.4) is 0 Å². The molecular weight excluding hydrogens is 437 g/mol. The van der Waals surface area contributed by atoms with Crippen LogP contribution < -0.4 is 15.8 Å². The van der Waals surface area contributed by atoms with Crippen LogP contribution in [0.15, 0.2) is 29.1 Å². The van der Waals surface area contributed by atoms with Crippen LogP contribution in [0.25, 0.3) is 11.0 Å². The molecule has 174 valence electrons. The largest absolute Gasteiger partial charge is 0.365 e. The molecule has 0 spiro atoms. The van der Waals surface area contributed by atoms with Gasteiger partial charge in [-0.25, -0.2) is 23.1 Å². The average molecular weight is 460 g/mol. The standard InChI is InChI=1S/C22H23F3N6O2/c1-12-27-20(26-10-13-5-4-6-14(18(13)23)19(24)25)15-9-16(22(33)30(3)21(15)28-12)31-8-7-29(2)11-17(31)32/h4-6,9,19H,7-8,10-11H2,1-3H3,(H,26,27,28). The van der Waals surface area contributed by atoms with Gasteiger partial charge in [-0.1, -0.05) is 18.2 Å². The number of likely N-dealkylation sites (N-methyl/N-ethyl adjacent to an activating group) is 1. The molecule has 33 heavy (non-hydrogen) atoms. The summed E-state index contributed by atoms with van der Waals surface area (Å²) in [5, 5.41) is 3.44. The van der Waals surface area contributed by atoms with E-state index in [4.69, 9.17) is 0 Å². The number of carbonyl (C=O) groups is 1. The van der Waals surface area contributed by atoms with Crippen LogP contribution in [0.1, 0.15) is 23.4 Å². The second-order valence-corrected chi connectivity index (χ2v) is 8.01. The van der Waals surface area contributed by atoms with E-state index in [0.29, 0.717) is 35.8 Å². The van der Waals surface area contributed by atoms with Crippen molar-refractivity contribution >= 4 is 28.4 Å². The summed E-state index contributed by atoms with van der Waals surface area (Å²) >= 11 is 0. The highest BCUT2D eigenvalue weighted by Gasteiger charge is 2.26. The Morgan fingerprint density at radius 2 is 1.91 bits per heavy atom. The van der Waals surface area contributed by atoms with E-state index < -0.39 is 17.8 Å². The lowest BCUT2D eigenvalue weighted by Gasteiger charge is -2.32. The number of piperazine rings is 1. The summed E-state index contributed by atoms with van der Waals surface area (Å²) in [6.45, 7) is 2.70. The normalized spacial score (nSPS) is 15.0. The Morgan fingerprint density at radius 1 is 1.15 bits per heavy atom. The molecule has 3 aromatic rings. The van der Waals surface area contributed by atoms with Crippen LogP contribution in [-0.2, 0) is 18.4 Å². The number of rotatable bonds is 5. The number of carbonyl (C=O) groups excluding carboxylic acids is 1. The second-order valence-electron chi connectivity index (χ2n) is 8.01. The van der Waals surface area contributed by atoms with Gasteiger partial charge in [0.05, 0.1) is 17.5 Å². The van der Waals surface area contributed by atoms with E-state index in [9.17, 15) is 22.8 Å². The third kappa shape index (κ3) is 4.28. The first-order valence-corrected chi connectivity index (χ1v) is 10.3. The molecule has 0 radical (unpaired) electrons. The second kappa shape index (κ2) is 8.81. The first kappa shape index (κ1) is 22.7. The molecule has 3 heterocycles. The number of amides is 1. The number of nitrogens with one attached hydrogen (secondary N) is 1. The van der Waals surface area contributed by atoms with Crippen LogP contribution in [0.4, 0.5) is 24.7 Å². The minimum atomic E-state index is -2.93. The Morgan fingerprint density at radius 3 is 2.61 bits per heavy atom. The lowest BCUT2D eigenvalue weighted by molar-refractivity contribution is -0.120.